The Balaban J connectivity index is 2.00. The highest BCUT2D eigenvalue weighted by Gasteiger charge is 2.19. The molecule has 0 aromatic heterocycles. The van der Waals surface area contributed by atoms with Crippen molar-refractivity contribution in [1.82, 2.24) is 10.6 Å². The molecule has 4 N–H and O–H groups in total. The van der Waals surface area contributed by atoms with Gasteiger partial charge in [0.15, 0.2) is 0 Å². The zero-order chi connectivity index (χ0) is 9.68. The summed E-state index contributed by atoms with van der Waals surface area (Å²) in [6.45, 7) is 1.31. The number of carbonyl (C=O) groups excluding carboxylic acids is 2. The smallest absolute Gasteiger partial charge is 0.220 e. The number of amides is 2. The molecule has 1 fully saturated rings. The van der Waals surface area contributed by atoms with E-state index in [-0.39, 0.29) is 17.9 Å². The number of hydrogen-bond donors (Lipinski definition) is 3. The van der Waals surface area contributed by atoms with Gasteiger partial charge in [0.25, 0.3) is 0 Å². The molecule has 5 heteroatoms. The van der Waals surface area contributed by atoms with Crippen molar-refractivity contribution in [2.24, 2.45) is 5.73 Å². The van der Waals surface area contributed by atoms with Crippen LogP contribution in [0.5, 0.6) is 0 Å². The second-order valence-corrected chi connectivity index (χ2v) is 3.22. The predicted octanol–water partition coefficient (Wildman–Crippen LogP) is -1.27. The molecule has 0 saturated carbocycles. The molecule has 1 atom stereocenters. The number of primary amides is 1. The van der Waals surface area contributed by atoms with Gasteiger partial charge in [-0.3, -0.25) is 9.59 Å². The maximum atomic E-state index is 10.8. The van der Waals surface area contributed by atoms with Crippen LogP contribution in [0.3, 0.4) is 0 Å². The van der Waals surface area contributed by atoms with E-state index < -0.39 is 0 Å². The summed E-state index contributed by atoms with van der Waals surface area (Å²) in [4.78, 5) is 21.1. The summed E-state index contributed by atoms with van der Waals surface area (Å²) in [7, 11) is 0. The van der Waals surface area contributed by atoms with Crippen LogP contribution in [-0.2, 0) is 9.59 Å². The Morgan fingerprint density at radius 2 is 2.46 bits per heavy atom. The average Bonchev–Trinajstić information content (AvgIpc) is 2.45. The number of rotatable bonds is 5. The van der Waals surface area contributed by atoms with Crippen LogP contribution in [0.25, 0.3) is 0 Å². The summed E-state index contributed by atoms with van der Waals surface area (Å²) in [6.07, 6.45) is 1.84. The Labute approximate surface area is 77.1 Å². The van der Waals surface area contributed by atoms with Crippen molar-refractivity contribution in [3.63, 3.8) is 0 Å². The molecule has 1 unspecified atom stereocenters. The van der Waals surface area contributed by atoms with Crippen LogP contribution < -0.4 is 16.4 Å². The summed E-state index contributed by atoms with van der Waals surface area (Å²) in [5.74, 6) is -0.190. The topological polar surface area (TPSA) is 84.2 Å². The first-order valence-corrected chi connectivity index (χ1v) is 4.47. The minimum Gasteiger partial charge on any atom is -0.370 e. The quantitative estimate of drug-likeness (QED) is 0.467. The van der Waals surface area contributed by atoms with Crippen LogP contribution in [0.2, 0.25) is 0 Å². The molecule has 0 aromatic carbocycles. The van der Waals surface area contributed by atoms with Crippen molar-refractivity contribution in [2.75, 3.05) is 13.1 Å². The third-order valence-corrected chi connectivity index (χ3v) is 2.02. The van der Waals surface area contributed by atoms with Gasteiger partial charge in [-0.15, -0.1) is 0 Å². The van der Waals surface area contributed by atoms with Gasteiger partial charge in [0, 0.05) is 32.0 Å². The van der Waals surface area contributed by atoms with Gasteiger partial charge in [0.2, 0.25) is 11.8 Å². The van der Waals surface area contributed by atoms with Crippen molar-refractivity contribution in [1.29, 1.82) is 0 Å². The lowest BCUT2D eigenvalue weighted by Gasteiger charge is -2.09. The highest BCUT2D eigenvalue weighted by atomic mass is 16.2. The number of carbonyl (C=O) groups is 2. The summed E-state index contributed by atoms with van der Waals surface area (Å²) in [6, 6.07) is 0.223. The fourth-order valence-corrected chi connectivity index (χ4v) is 1.32. The minimum absolute atomic E-state index is 0.113. The number of nitrogens with one attached hydrogen (secondary N) is 2. The van der Waals surface area contributed by atoms with Crippen LogP contribution in [-0.4, -0.2) is 30.9 Å². The summed E-state index contributed by atoms with van der Waals surface area (Å²) < 4.78 is 0. The van der Waals surface area contributed by atoms with Crippen LogP contribution in [0.4, 0.5) is 0 Å². The molecule has 1 aliphatic heterocycles. The van der Waals surface area contributed by atoms with Crippen molar-refractivity contribution in [2.45, 2.75) is 25.3 Å². The SMILES string of the molecule is NC(=O)CCNCC1CCC(=O)N1. The molecule has 2 amide bonds. The minimum atomic E-state index is -0.303. The van der Waals surface area contributed by atoms with Crippen LogP contribution in [0.1, 0.15) is 19.3 Å². The third kappa shape index (κ3) is 3.89. The maximum Gasteiger partial charge on any atom is 0.220 e. The predicted molar refractivity (Wildman–Crippen MR) is 47.8 cm³/mol. The number of nitrogens with two attached hydrogens (primary N) is 1. The Bertz CT molecular complexity index is 206. The van der Waals surface area contributed by atoms with Gasteiger partial charge < -0.3 is 16.4 Å². The maximum absolute atomic E-state index is 10.8. The average molecular weight is 185 g/mol. The number of hydrogen-bond acceptors (Lipinski definition) is 3. The second-order valence-electron chi connectivity index (χ2n) is 3.22. The van der Waals surface area contributed by atoms with E-state index >= 15 is 0 Å². The van der Waals surface area contributed by atoms with Gasteiger partial charge in [0.1, 0.15) is 0 Å². The first-order valence-electron chi connectivity index (χ1n) is 4.47. The Morgan fingerprint density at radius 1 is 1.69 bits per heavy atom. The van der Waals surface area contributed by atoms with Crippen LogP contribution in [0, 0.1) is 0 Å². The van der Waals surface area contributed by atoms with Gasteiger partial charge in [-0.25, -0.2) is 0 Å². The van der Waals surface area contributed by atoms with E-state index in [0.717, 1.165) is 13.0 Å². The lowest BCUT2D eigenvalue weighted by Crippen LogP contribution is -2.36. The van der Waals surface area contributed by atoms with E-state index in [0.29, 0.717) is 19.4 Å². The molecule has 0 aliphatic carbocycles. The van der Waals surface area contributed by atoms with Crippen molar-refractivity contribution < 1.29 is 9.59 Å². The van der Waals surface area contributed by atoms with E-state index in [1.807, 2.05) is 0 Å². The van der Waals surface area contributed by atoms with Gasteiger partial charge >= 0.3 is 0 Å². The first kappa shape index (κ1) is 9.98. The normalized spacial score (nSPS) is 21.5. The first-order chi connectivity index (χ1) is 6.18. The molecule has 13 heavy (non-hydrogen) atoms. The van der Waals surface area contributed by atoms with Gasteiger partial charge in [-0.2, -0.15) is 0 Å². The molecule has 74 valence electrons. The lowest BCUT2D eigenvalue weighted by atomic mass is 10.2. The molecule has 1 aliphatic rings. The van der Waals surface area contributed by atoms with Gasteiger partial charge in [-0.05, 0) is 6.42 Å². The standard InChI is InChI=1S/C8H15N3O2/c9-7(12)3-4-10-5-6-1-2-8(13)11-6/h6,10H,1-5H2,(H2,9,12)(H,11,13). The second kappa shape index (κ2) is 4.81. The van der Waals surface area contributed by atoms with E-state index in [2.05, 4.69) is 10.6 Å². The summed E-state index contributed by atoms with van der Waals surface area (Å²) in [5.41, 5.74) is 4.96. The van der Waals surface area contributed by atoms with E-state index in [4.69, 9.17) is 5.73 Å². The van der Waals surface area contributed by atoms with Crippen LogP contribution >= 0.6 is 0 Å². The molecule has 5 nitrogen and oxygen atoms in total. The third-order valence-electron chi connectivity index (χ3n) is 2.02. The summed E-state index contributed by atoms with van der Waals surface area (Å²) in [5, 5.41) is 5.89. The molecule has 0 spiro atoms. The zero-order valence-electron chi connectivity index (χ0n) is 7.51. The highest BCUT2D eigenvalue weighted by Crippen LogP contribution is 2.04. The van der Waals surface area contributed by atoms with Gasteiger partial charge in [0.05, 0.1) is 0 Å². The molecule has 0 radical (unpaired) electrons. The Hall–Kier alpha value is -1.10. The van der Waals surface area contributed by atoms with Crippen molar-refractivity contribution >= 4 is 11.8 Å². The fourth-order valence-electron chi connectivity index (χ4n) is 1.32. The van der Waals surface area contributed by atoms with E-state index in [1.165, 1.54) is 0 Å². The molecule has 1 saturated heterocycles. The molecule has 0 bridgehead atoms. The molecule has 1 rings (SSSR count). The molecule has 1 heterocycles. The van der Waals surface area contributed by atoms with Gasteiger partial charge in [-0.1, -0.05) is 0 Å². The van der Waals surface area contributed by atoms with Crippen molar-refractivity contribution in [3.8, 4) is 0 Å². The molecular weight excluding hydrogens is 170 g/mol. The highest BCUT2D eigenvalue weighted by molar-refractivity contribution is 5.78. The monoisotopic (exact) mass is 185 g/mol. The lowest BCUT2D eigenvalue weighted by molar-refractivity contribution is -0.119. The Kier molecular flexibility index (Phi) is 3.70. The van der Waals surface area contributed by atoms with Crippen LogP contribution in [0.15, 0.2) is 0 Å². The Morgan fingerprint density at radius 3 is 3.00 bits per heavy atom. The zero-order valence-corrected chi connectivity index (χ0v) is 7.51. The summed E-state index contributed by atoms with van der Waals surface area (Å²) >= 11 is 0. The molecular formula is C8H15N3O2. The van der Waals surface area contributed by atoms with E-state index in [1.54, 1.807) is 0 Å². The fraction of sp³-hybridized carbons (Fsp3) is 0.750. The van der Waals surface area contributed by atoms with Crippen molar-refractivity contribution in [3.05, 3.63) is 0 Å². The largest absolute Gasteiger partial charge is 0.370 e. The van der Waals surface area contributed by atoms with E-state index in [9.17, 15) is 9.59 Å². The molecule has 0 aromatic rings.